The fourth-order valence-electron chi connectivity index (χ4n) is 3.38. The molecule has 2 aromatic heterocycles. The second-order valence-electron chi connectivity index (χ2n) is 6.84. The van der Waals surface area contributed by atoms with Gasteiger partial charge in [0.1, 0.15) is 0 Å². The Hall–Kier alpha value is -3.19. The van der Waals surface area contributed by atoms with Gasteiger partial charge < -0.3 is 9.80 Å². The van der Waals surface area contributed by atoms with Crippen molar-refractivity contribution < 1.29 is 9.59 Å². The number of pyridine rings is 1. The number of nitrogens with zero attached hydrogens (tertiary/aromatic N) is 4. The van der Waals surface area contributed by atoms with Crippen LogP contribution in [0.3, 0.4) is 0 Å². The van der Waals surface area contributed by atoms with Crippen LogP contribution < -0.4 is 0 Å². The van der Waals surface area contributed by atoms with Crippen LogP contribution in [0.1, 0.15) is 16.1 Å². The van der Waals surface area contributed by atoms with E-state index < -0.39 is 0 Å². The fourth-order valence-corrected chi connectivity index (χ4v) is 3.51. The minimum Gasteiger partial charge on any atom is -0.339 e. The van der Waals surface area contributed by atoms with Crippen LogP contribution in [-0.2, 0) is 11.2 Å². The molecule has 0 spiro atoms. The van der Waals surface area contributed by atoms with Gasteiger partial charge in [0.25, 0.3) is 5.91 Å². The smallest absolute Gasteiger partial charge is 0.257 e. The van der Waals surface area contributed by atoms with Crippen molar-refractivity contribution in [2.24, 2.45) is 0 Å². The summed E-state index contributed by atoms with van der Waals surface area (Å²) >= 11 is 5.95. The lowest BCUT2D eigenvalue weighted by molar-refractivity contribution is -0.132. The largest absolute Gasteiger partial charge is 0.339 e. The van der Waals surface area contributed by atoms with Gasteiger partial charge in [-0.15, -0.1) is 0 Å². The van der Waals surface area contributed by atoms with Crippen molar-refractivity contribution in [1.29, 1.82) is 0 Å². The maximum absolute atomic E-state index is 13.0. The molecule has 29 heavy (non-hydrogen) atoms. The first-order valence-electron chi connectivity index (χ1n) is 9.38. The molecule has 4 rings (SSSR count). The van der Waals surface area contributed by atoms with E-state index >= 15 is 0 Å². The maximum Gasteiger partial charge on any atom is 0.257 e. The van der Waals surface area contributed by atoms with Crippen molar-refractivity contribution in [3.05, 3.63) is 71.1 Å². The summed E-state index contributed by atoms with van der Waals surface area (Å²) < 4.78 is 0. The van der Waals surface area contributed by atoms with Crippen molar-refractivity contribution in [3.8, 4) is 11.3 Å². The van der Waals surface area contributed by atoms with E-state index in [0.29, 0.717) is 42.5 Å². The normalized spacial score (nSPS) is 14.1. The molecular weight excluding hydrogens is 390 g/mol. The number of carbonyl (C=O) groups is 2. The topological polar surface area (TPSA) is 82.2 Å². The molecule has 1 N–H and O–H groups in total. The highest BCUT2D eigenvalue weighted by Crippen LogP contribution is 2.24. The summed E-state index contributed by atoms with van der Waals surface area (Å²) in [6, 6.07) is 12.8. The molecule has 0 atom stereocenters. The molecule has 3 aromatic rings. The number of benzene rings is 1. The molecule has 1 aromatic carbocycles. The molecule has 1 saturated heterocycles. The van der Waals surface area contributed by atoms with Crippen molar-refractivity contribution >= 4 is 23.4 Å². The van der Waals surface area contributed by atoms with E-state index in [1.807, 2.05) is 30.3 Å². The van der Waals surface area contributed by atoms with E-state index in [2.05, 4.69) is 15.2 Å². The molecule has 0 radical (unpaired) electrons. The zero-order chi connectivity index (χ0) is 20.2. The van der Waals surface area contributed by atoms with Gasteiger partial charge in [-0.25, -0.2) is 0 Å². The Balaban J connectivity index is 1.39. The van der Waals surface area contributed by atoms with Crippen LogP contribution in [0.4, 0.5) is 0 Å². The number of piperazine rings is 1. The number of rotatable bonds is 4. The highest BCUT2D eigenvalue weighted by molar-refractivity contribution is 6.30. The summed E-state index contributed by atoms with van der Waals surface area (Å²) in [6.07, 6.45) is 3.50. The Labute approximate surface area is 173 Å². The lowest BCUT2D eigenvalue weighted by Crippen LogP contribution is -2.51. The highest BCUT2D eigenvalue weighted by atomic mass is 35.5. The first kappa shape index (κ1) is 19.1. The number of aromatic amines is 1. The van der Waals surface area contributed by atoms with Crippen LogP contribution in [0.5, 0.6) is 0 Å². The first-order valence-corrected chi connectivity index (χ1v) is 9.76. The average Bonchev–Trinajstić information content (AvgIpc) is 3.24. The molecule has 0 aliphatic carbocycles. The van der Waals surface area contributed by atoms with Crippen LogP contribution in [-0.4, -0.2) is 63.0 Å². The Morgan fingerprint density at radius 2 is 1.72 bits per heavy atom. The second kappa shape index (κ2) is 8.45. The van der Waals surface area contributed by atoms with E-state index in [1.165, 1.54) is 0 Å². The third-order valence-corrected chi connectivity index (χ3v) is 5.23. The molecule has 0 saturated carbocycles. The quantitative estimate of drug-likeness (QED) is 0.718. The molecule has 0 unspecified atom stereocenters. The molecular formula is C21H20ClN5O2. The number of nitrogens with one attached hydrogen (secondary N) is 1. The number of halogens is 1. The van der Waals surface area contributed by atoms with Gasteiger partial charge in [0.2, 0.25) is 5.91 Å². The van der Waals surface area contributed by atoms with E-state index in [4.69, 9.17) is 11.6 Å². The van der Waals surface area contributed by atoms with Gasteiger partial charge in [-0.3, -0.25) is 19.7 Å². The molecule has 2 amide bonds. The summed E-state index contributed by atoms with van der Waals surface area (Å²) in [5, 5.41) is 7.59. The summed E-state index contributed by atoms with van der Waals surface area (Å²) in [5.41, 5.74) is 2.78. The average molecular weight is 410 g/mol. The molecule has 0 bridgehead atoms. The Morgan fingerprint density at radius 3 is 2.41 bits per heavy atom. The highest BCUT2D eigenvalue weighted by Gasteiger charge is 2.27. The van der Waals surface area contributed by atoms with Gasteiger partial charge in [0.15, 0.2) is 0 Å². The van der Waals surface area contributed by atoms with Crippen LogP contribution in [0.25, 0.3) is 11.3 Å². The summed E-state index contributed by atoms with van der Waals surface area (Å²) in [5.74, 6) is -0.0681. The zero-order valence-electron chi connectivity index (χ0n) is 15.7. The summed E-state index contributed by atoms with van der Waals surface area (Å²) in [6.45, 7) is 1.98. The lowest BCUT2D eigenvalue weighted by Gasteiger charge is -2.34. The van der Waals surface area contributed by atoms with Crippen molar-refractivity contribution in [3.63, 3.8) is 0 Å². The Kier molecular flexibility index (Phi) is 5.57. The van der Waals surface area contributed by atoms with Crippen molar-refractivity contribution in [1.82, 2.24) is 25.0 Å². The van der Waals surface area contributed by atoms with Gasteiger partial charge >= 0.3 is 0 Å². The summed E-state index contributed by atoms with van der Waals surface area (Å²) in [7, 11) is 0. The summed E-state index contributed by atoms with van der Waals surface area (Å²) in [4.78, 5) is 33.3. The fraction of sp³-hybridized carbons (Fsp3) is 0.238. The molecule has 148 valence electrons. The molecule has 3 heterocycles. The number of H-pyrrole nitrogens is 1. The third kappa shape index (κ3) is 4.30. The Bertz CT molecular complexity index is 995. The van der Waals surface area contributed by atoms with Gasteiger partial charge in [-0.1, -0.05) is 29.8 Å². The van der Waals surface area contributed by atoms with Crippen LogP contribution in [0.2, 0.25) is 5.02 Å². The standard InChI is InChI=1S/C21H20ClN5O2/c22-16-6-4-15(5-7-16)20-18(14-24-25-20)21(29)27-11-9-26(10-12-27)19(28)13-17-3-1-2-8-23-17/h1-8,14H,9-13H2,(H,24,25). The molecule has 7 nitrogen and oxygen atoms in total. The van der Waals surface area contributed by atoms with Crippen LogP contribution >= 0.6 is 11.6 Å². The minimum absolute atomic E-state index is 0.0287. The number of amides is 2. The molecule has 1 fully saturated rings. The first-order chi connectivity index (χ1) is 14.1. The zero-order valence-corrected chi connectivity index (χ0v) is 16.5. The van der Waals surface area contributed by atoms with Crippen LogP contribution in [0.15, 0.2) is 54.9 Å². The number of aromatic nitrogens is 3. The Morgan fingerprint density at radius 1 is 1.00 bits per heavy atom. The third-order valence-electron chi connectivity index (χ3n) is 4.98. The minimum atomic E-state index is -0.0967. The predicted octanol–water partition coefficient (Wildman–Crippen LogP) is 2.65. The second-order valence-corrected chi connectivity index (χ2v) is 7.27. The van der Waals surface area contributed by atoms with Crippen molar-refractivity contribution in [2.45, 2.75) is 6.42 Å². The molecule has 1 aliphatic rings. The maximum atomic E-state index is 13.0. The van der Waals surface area contributed by atoms with Gasteiger partial charge in [0, 0.05) is 48.7 Å². The van der Waals surface area contributed by atoms with Crippen LogP contribution in [0, 0.1) is 0 Å². The number of hydrogen-bond donors (Lipinski definition) is 1. The number of hydrogen-bond acceptors (Lipinski definition) is 4. The molecule has 1 aliphatic heterocycles. The molecule has 8 heteroatoms. The predicted molar refractivity (Wildman–Crippen MR) is 109 cm³/mol. The van der Waals surface area contributed by atoms with E-state index in [1.54, 1.807) is 34.3 Å². The van der Waals surface area contributed by atoms with Crippen molar-refractivity contribution in [2.75, 3.05) is 26.2 Å². The van der Waals surface area contributed by atoms with E-state index in [-0.39, 0.29) is 18.2 Å². The lowest BCUT2D eigenvalue weighted by atomic mass is 10.1. The number of carbonyl (C=O) groups excluding carboxylic acids is 2. The van der Waals surface area contributed by atoms with Gasteiger partial charge in [-0.2, -0.15) is 5.10 Å². The van der Waals surface area contributed by atoms with Gasteiger partial charge in [0.05, 0.1) is 23.9 Å². The monoisotopic (exact) mass is 409 g/mol. The SMILES string of the molecule is O=C(Cc1ccccn1)N1CCN(C(=O)c2cn[nH]c2-c2ccc(Cl)cc2)CC1. The van der Waals surface area contributed by atoms with E-state index in [0.717, 1.165) is 11.3 Å². The van der Waals surface area contributed by atoms with Gasteiger partial charge in [-0.05, 0) is 24.3 Å². The van der Waals surface area contributed by atoms with E-state index in [9.17, 15) is 9.59 Å².